The highest BCUT2D eigenvalue weighted by molar-refractivity contribution is 5.90. The van der Waals surface area contributed by atoms with Crippen LogP contribution in [0.1, 0.15) is 70.9 Å². The standard InChI is InChI=1S/C18H30N2O/c1-4-6-7-8-9-10-18(21)20-17-13-11-16(12-14-17)15(3)19-5-2/h11-15,19H,4-10H2,1-3H3,(H,20,21). The number of carbonyl (C=O) groups is 1. The quantitative estimate of drug-likeness (QED) is 0.615. The molecule has 2 N–H and O–H groups in total. The molecule has 0 heterocycles. The van der Waals surface area contributed by atoms with Gasteiger partial charge in [-0.2, -0.15) is 0 Å². The van der Waals surface area contributed by atoms with Crippen molar-refractivity contribution in [1.29, 1.82) is 0 Å². The molecule has 118 valence electrons. The Kier molecular flexibility index (Phi) is 8.76. The lowest BCUT2D eigenvalue weighted by Gasteiger charge is -2.13. The van der Waals surface area contributed by atoms with E-state index in [0.717, 1.165) is 25.1 Å². The van der Waals surface area contributed by atoms with E-state index in [1.807, 2.05) is 12.1 Å². The summed E-state index contributed by atoms with van der Waals surface area (Å²) in [5.41, 5.74) is 2.13. The molecule has 3 heteroatoms. The molecular weight excluding hydrogens is 260 g/mol. The maximum atomic E-state index is 11.8. The third-order valence-electron chi connectivity index (χ3n) is 3.71. The van der Waals surface area contributed by atoms with Gasteiger partial charge in [0.15, 0.2) is 0 Å². The average Bonchev–Trinajstić information content (AvgIpc) is 2.48. The number of unbranched alkanes of at least 4 members (excludes halogenated alkanes) is 4. The van der Waals surface area contributed by atoms with Crippen LogP contribution in [0.5, 0.6) is 0 Å². The number of anilines is 1. The van der Waals surface area contributed by atoms with Gasteiger partial charge in [0.1, 0.15) is 0 Å². The minimum atomic E-state index is 0.124. The lowest BCUT2D eigenvalue weighted by Crippen LogP contribution is -2.17. The van der Waals surface area contributed by atoms with Crippen LogP contribution in [0.3, 0.4) is 0 Å². The van der Waals surface area contributed by atoms with E-state index in [9.17, 15) is 4.79 Å². The molecule has 0 spiro atoms. The van der Waals surface area contributed by atoms with Crippen molar-refractivity contribution in [3.8, 4) is 0 Å². The smallest absolute Gasteiger partial charge is 0.224 e. The summed E-state index contributed by atoms with van der Waals surface area (Å²) in [5, 5.41) is 6.35. The van der Waals surface area contributed by atoms with Gasteiger partial charge < -0.3 is 10.6 Å². The van der Waals surface area contributed by atoms with Gasteiger partial charge in [0.25, 0.3) is 0 Å². The van der Waals surface area contributed by atoms with Crippen molar-refractivity contribution in [3.05, 3.63) is 29.8 Å². The monoisotopic (exact) mass is 290 g/mol. The molecule has 21 heavy (non-hydrogen) atoms. The number of benzene rings is 1. The van der Waals surface area contributed by atoms with Crippen LogP contribution in [0.4, 0.5) is 5.69 Å². The fourth-order valence-corrected chi connectivity index (χ4v) is 2.39. The summed E-state index contributed by atoms with van der Waals surface area (Å²) in [5.74, 6) is 0.124. The van der Waals surface area contributed by atoms with Crippen LogP contribution in [-0.2, 0) is 4.79 Å². The Balaban J connectivity index is 2.32. The lowest BCUT2D eigenvalue weighted by molar-refractivity contribution is -0.116. The minimum absolute atomic E-state index is 0.124. The molecule has 0 saturated heterocycles. The summed E-state index contributed by atoms with van der Waals surface area (Å²) in [6.45, 7) is 7.41. The fraction of sp³-hybridized carbons (Fsp3) is 0.611. The van der Waals surface area contributed by atoms with Crippen molar-refractivity contribution in [2.45, 2.75) is 65.3 Å². The third kappa shape index (κ3) is 7.28. The Morgan fingerprint density at radius 3 is 2.33 bits per heavy atom. The molecule has 1 amide bonds. The SMILES string of the molecule is CCCCCCCC(=O)Nc1ccc(C(C)NCC)cc1. The van der Waals surface area contributed by atoms with E-state index in [0.29, 0.717) is 12.5 Å². The van der Waals surface area contributed by atoms with Crippen molar-refractivity contribution >= 4 is 11.6 Å². The summed E-state index contributed by atoms with van der Waals surface area (Å²) in [7, 11) is 0. The predicted molar refractivity (Wildman–Crippen MR) is 90.5 cm³/mol. The largest absolute Gasteiger partial charge is 0.326 e. The molecule has 1 aromatic carbocycles. The van der Waals surface area contributed by atoms with E-state index in [-0.39, 0.29) is 5.91 Å². The van der Waals surface area contributed by atoms with Crippen molar-refractivity contribution in [2.75, 3.05) is 11.9 Å². The third-order valence-corrected chi connectivity index (χ3v) is 3.71. The highest BCUT2D eigenvalue weighted by Crippen LogP contribution is 2.16. The molecule has 0 aliphatic rings. The zero-order valence-corrected chi connectivity index (χ0v) is 13.7. The molecule has 1 atom stereocenters. The molecule has 0 radical (unpaired) electrons. The summed E-state index contributed by atoms with van der Waals surface area (Å²) in [6, 6.07) is 8.46. The average molecular weight is 290 g/mol. The van der Waals surface area contributed by atoms with Crippen LogP contribution < -0.4 is 10.6 Å². The van der Waals surface area contributed by atoms with Gasteiger partial charge in [-0.3, -0.25) is 4.79 Å². The van der Waals surface area contributed by atoms with Crippen LogP contribution in [0, 0.1) is 0 Å². The second kappa shape index (κ2) is 10.4. The van der Waals surface area contributed by atoms with Crippen molar-refractivity contribution in [1.82, 2.24) is 5.32 Å². The van der Waals surface area contributed by atoms with Gasteiger partial charge in [-0.25, -0.2) is 0 Å². The van der Waals surface area contributed by atoms with Crippen molar-refractivity contribution < 1.29 is 4.79 Å². The number of rotatable bonds is 10. The van der Waals surface area contributed by atoms with Crippen LogP contribution in [0.25, 0.3) is 0 Å². The molecule has 0 aliphatic heterocycles. The van der Waals surface area contributed by atoms with Crippen LogP contribution in [0.15, 0.2) is 24.3 Å². The van der Waals surface area contributed by atoms with Crippen molar-refractivity contribution in [3.63, 3.8) is 0 Å². The molecule has 0 fully saturated rings. The zero-order chi connectivity index (χ0) is 15.5. The highest BCUT2D eigenvalue weighted by atomic mass is 16.1. The first kappa shape index (κ1) is 17.7. The molecule has 1 rings (SSSR count). The van der Waals surface area contributed by atoms with Crippen LogP contribution in [0.2, 0.25) is 0 Å². The van der Waals surface area contributed by atoms with E-state index in [1.165, 1.54) is 24.8 Å². The number of nitrogens with one attached hydrogen (secondary N) is 2. The van der Waals surface area contributed by atoms with Gasteiger partial charge >= 0.3 is 0 Å². The Morgan fingerprint density at radius 2 is 1.71 bits per heavy atom. The van der Waals surface area contributed by atoms with Gasteiger partial charge in [-0.1, -0.05) is 51.7 Å². The summed E-state index contributed by atoms with van der Waals surface area (Å²) >= 11 is 0. The number of hydrogen-bond acceptors (Lipinski definition) is 2. The first-order valence-corrected chi connectivity index (χ1v) is 8.30. The number of hydrogen-bond donors (Lipinski definition) is 2. The van der Waals surface area contributed by atoms with Gasteiger partial charge in [-0.15, -0.1) is 0 Å². The van der Waals surface area contributed by atoms with Crippen LogP contribution >= 0.6 is 0 Å². The van der Waals surface area contributed by atoms with Gasteiger partial charge in [0, 0.05) is 18.2 Å². The first-order valence-electron chi connectivity index (χ1n) is 8.30. The molecule has 3 nitrogen and oxygen atoms in total. The van der Waals surface area contributed by atoms with E-state index < -0.39 is 0 Å². The first-order chi connectivity index (χ1) is 10.2. The van der Waals surface area contributed by atoms with Crippen molar-refractivity contribution in [2.24, 2.45) is 0 Å². The number of carbonyl (C=O) groups excluding carboxylic acids is 1. The van der Waals surface area contributed by atoms with Gasteiger partial charge in [0.2, 0.25) is 5.91 Å². The highest BCUT2D eigenvalue weighted by Gasteiger charge is 2.05. The Hall–Kier alpha value is -1.35. The number of amides is 1. The molecule has 1 unspecified atom stereocenters. The van der Waals surface area contributed by atoms with E-state index >= 15 is 0 Å². The summed E-state index contributed by atoms with van der Waals surface area (Å²) < 4.78 is 0. The fourth-order valence-electron chi connectivity index (χ4n) is 2.39. The molecule has 0 aromatic heterocycles. The molecule has 1 aromatic rings. The summed E-state index contributed by atoms with van der Waals surface area (Å²) in [4.78, 5) is 11.8. The molecule has 0 saturated carbocycles. The normalized spacial score (nSPS) is 12.1. The maximum absolute atomic E-state index is 11.8. The molecule has 0 bridgehead atoms. The van der Waals surface area contributed by atoms with E-state index in [2.05, 4.69) is 43.5 Å². The zero-order valence-electron chi connectivity index (χ0n) is 13.7. The van der Waals surface area contributed by atoms with E-state index in [1.54, 1.807) is 0 Å². The summed E-state index contributed by atoms with van der Waals surface area (Å²) in [6.07, 6.45) is 6.51. The Bertz CT molecular complexity index is 400. The predicted octanol–water partition coefficient (Wildman–Crippen LogP) is 4.66. The lowest BCUT2D eigenvalue weighted by atomic mass is 10.1. The van der Waals surface area contributed by atoms with E-state index in [4.69, 9.17) is 0 Å². The topological polar surface area (TPSA) is 41.1 Å². The molecule has 0 aliphatic carbocycles. The van der Waals surface area contributed by atoms with Gasteiger partial charge in [-0.05, 0) is 37.6 Å². The van der Waals surface area contributed by atoms with Gasteiger partial charge in [0.05, 0.1) is 0 Å². The minimum Gasteiger partial charge on any atom is -0.326 e. The second-order valence-electron chi connectivity index (χ2n) is 5.61. The maximum Gasteiger partial charge on any atom is 0.224 e. The molecular formula is C18H30N2O. The second-order valence-corrected chi connectivity index (χ2v) is 5.61. The Labute approximate surface area is 129 Å². The van der Waals surface area contributed by atoms with Crippen LogP contribution in [-0.4, -0.2) is 12.5 Å². The Morgan fingerprint density at radius 1 is 1.05 bits per heavy atom.